The fraction of sp³-hybridized carbons (Fsp3) is 0.417. The van der Waals surface area contributed by atoms with Gasteiger partial charge in [0.15, 0.2) is 0 Å². The molecule has 0 fully saturated rings. The number of nitriles is 1. The summed E-state index contributed by atoms with van der Waals surface area (Å²) in [4.78, 5) is 12.5. The van der Waals surface area contributed by atoms with E-state index in [0.29, 0.717) is 22.7 Å². The highest BCUT2D eigenvalue weighted by atomic mass is 16.6. The lowest BCUT2D eigenvalue weighted by Crippen LogP contribution is -2.40. The maximum atomic E-state index is 12.5. The lowest BCUT2D eigenvalue weighted by molar-refractivity contribution is -0.161. The first-order valence-corrected chi connectivity index (χ1v) is 10.1. The van der Waals surface area contributed by atoms with Crippen molar-refractivity contribution in [3.8, 4) is 11.8 Å². The maximum absolute atomic E-state index is 12.5. The molecule has 0 aliphatic heterocycles. The smallest absolute Gasteiger partial charge is 0.312 e. The number of azo groups is 1. The minimum absolute atomic E-state index is 0.185. The average Bonchev–Trinajstić information content (AvgIpc) is 2.75. The fourth-order valence-corrected chi connectivity index (χ4v) is 2.91. The minimum atomic E-state index is -0.512. The summed E-state index contributed by atoms with van der Waals surface area (Å²) in [7, 11) is 0. The summed E-state index contributed by atoms with van der Waals surface area (Å²) in [5, 5.41) is 17.1. The number of nitrogens with zero attached hydrogens (tertiary/aromatic N) is 3. The fourth-order valence-electron chi connectivity index (χ4n) is 2.91. The molecule has 6 heteroatoms. The van der Waals surface area contributed by atoms with Gasteiger partial charge in [0.25, 0.3) is 0 Å². The van der Waals surface area contributed by atoms with E-state index in [0.717, 1.165) is 0 Å². The zero-order chi connectivity index (χ0) is 22.1. The zero-order valence-electron chi connectivity index (χ0n) is 18.3. The number of carbonyl (C=O) groups is 1. The van der Waals surface area contributed by atoms with E-state index in [-0.39, 0.29) is 31.0 Å². The summed E-state index contributed by atoms with van der Waals surface area (Å²) in [5.74, 6) is 0.863. The molecule has 0 aliphatic carbocycles. The van der Waals surface area contributed by atoms with Crippen LogP contribution in [0.4, 0.5) is 11.4 Å². The number of carbonyl (C=O) groups excluding carboxylic acids is 1. The molecular weight excluding hydrogens is 378 g/mol. The summed E-state index contributed by atoms with van der Waals surface area (Å²) >= 11 is 0. The number of hydrogen-bond acceptors (Lipinski definition) is 6. The van der Waals surface area contributed by atoms with Crippen molar-refractivity contribution in [2.24, 2.45) is 27.5 Å². The van der Waals surface area contributed by atoms with Crippen molar-refractivity contribution >= 4 is 17.3 Å². The van der Waals surface area contributed by atoms with E-state index in [4.69, 9.17) is 14.7 Å². The number of rotatable bonds is 9. The summed E-state index contributed by atoms with van der Waals surface area (Å²) < 4.78 is 11.1. The lowest BCUT2D eigenvalue weighted by atomic mass is 9.70. The first-order chi connectivity index (χ1) is 14.3. The summed E-state index contributed by atoms with van der Waals surface area (Å²) in [6.45, 7) is 10.6. The van der Waals surface area contributed by atoms with Crippen LogP contribution >= 0.6 is 0 Å². The van der Waals surface area contributed by atoms with Crippen molar-refractivity contribution in [3.05, 3.63) is 54.1 Å². The molecule has 0 saturated heterocycles. The van der Waals surface area contributed by atoms with Crippen LogP contribution in [-0.2, 0) is 9.53 Å². The van der Waals surface area contributed by atoms with Crippen molar-refractivity contribution in [3.63, 3.8) is 0 Å². The van der Waals surface area contributed by atoms with E-state index < -0.39 is 5.41 Å². The Kier molecular flexibility index (Phi) is 8.11. The van der Waals surface area contributed by atoms with Crippen molar-refractivity contribution < 1.29 is 14.3 Å². The highest BCUT2D eigenvalue weighted by molar-refractivity contribution is 5.77. The Labute approximate surface area is 178 Å². The van der Waals surface area contributed by atoms with Gasteiger partial charge in [-0.1, -0.05) is 27.7 Å². The Morgan fingerprint density at radius 3 is 1.90 bits per heavy atom. The molecule has 0 spiro atoms. The zero-order valence-corrected chi connectivity index (χ0v) is 18.3. The van der Waals surface area contributed by atoms with E-state index in [2.05, 4.69) is 16.3 Å². The molecule has 0 amide bonds. The molecule has 0 radical (unpaired) electrons. The van der Waals surface area contributed by atoms with Crippen LogP contribution in [0.15, 0.2) is 58.8 Å². The molecule has 0 N–H and O–H groups in total. The Bertz CT molecular complexity index is 887. The van der Waals surface area contributed by atoms with E-state index in [9.17, 15) is 4.79 Å². The average molecular weight is 408 g/mol. The molecule has 30 heavy (non-hydrogen) atoms. The Hall–Kier alpha value is -3.20. The van der Waals surface area contributed by atoms with Crippen LogP contribution < -0.4 is 4.74 Å². The van der Waals surface area contributed by atoms with Crippen molar-refractivity contribution in [1.82, 2.24) is 0 Å². The number of ether oxygens (including phenoxy) is 2. The topological polar surface area (TPSA) is 84.0 Å². The van der Waals surface area contributed by atoms with Gasteiger partial charge in [-0.3, -0.25) is 4.79 Å². The number of hydrogen-bond donors (Lipinski definition) is 0. The maximum Gasteiger partial charge on any atom is 0.312 e. The van der Waals surface area contributed by atoms with Gasteiger partial charge in [0.2, 0.25) is 0 Å². The van der Waals surface area contributed by atoms with E-state index >= 15 is 0 Å². The van der Waals surface area contributed by atoms with Gasteiger partial charge in [-0.15, -0.1) is 0 Å². The van der Waals surface area contributed by atoms with E-state index in [1.165, 1.54) is 0 Å². The SMILES string of the molecule is CC(C)C(C)(C(=O)OCCOc1ccc(N=Nc2ccc(C#N)cc2)cc1)C(C)C. The molecule has 0 saturated carbocycles. The van der Waals surface area contributed by atoms with Crippen LogP contribution in [0.3, 0.4) is 0 Å². The third-order valence-corrected chi connectivity index (χ3v) is 5.54. The molecule has 0 unspecified atom stereocenters. The molecule has 0 aliphatic rings. The van der Waals surface area contributed by atoms with Crippen LogP contribution in [0.1, 0.15) is 40.2 Å². The van der Waals surface area contributed by atoms with Gasteiger partial charge in [0.05, 0.1) is 28.4 Å². The second kappa shape index (κ2) is 10.5. The molecule has 0 atom stereocenters. The molecule has 6 nitrogen and oxygen atoms in total. The first-order valence-electron chi connectivity index (χ1n) is 10.1. The van der Waals surface area contributed by atoms with Gasteiger partial charge in [0.1, 0.15) is 19.0 Å². The van der Waals surface area contributed by atoms with Gasteiger partial charge in [0, 0.05) is 0 Å². The van der Waals surface area contributed by atoms with Crippen LogP contribution in [-0.4, -0.2) is 19.2 Å². The van der Waals surface area contributed by atoms with Crippen LogP contribution in [0.5, 0.6) is 5.75 Å². The van der Waals surface area contributed by atoms with Gasteiger partial charge >= 0.3 is 5.97 Å². The summed E-state index contributed by atoms with van der Waals surface area (Å²) in [6.07, 6.45) is 0. The van der Waals surface area contributed by atoms with Gasteiger partial charge in [-0.2, -0.15) is 15.5 Å². The van der Waals surface area contributed by atoms with Crippen molar-refractivity contribution in [2.45, 2.75) is 34.6 Å². The molecule has 0 heterocycles. The monoisotopic (exact) mass is 407 g/mol. The first kappa shape index (κ1) is 23.1. The van der Waals surface area contributed by atoms with Gasteiger partial charge in [-0.25, -0.2) is 0 Å². The minimum Gasteiger partial charge on any atom is -0.490 e. The Balaban J connectivity index is 1.82. The molecule has 0 aromatic heterocycles. The number of esters is 1. The predicted molar refractivity (Wildman–Crippen MR) is 116 cm³/mol. The Morgan fingerprint density at radius 1 is 0.933 bits per heavy atom. The highest BCUT2D eigenvalue weighted by Gasteiger charge is 2.41. The van der Waals surface area contributed by atoms with Crippen LogP contribution in [0, 0.1) is 28.6 Å². The Morgan fingerprint density at radius 2 is 1.43 bits per heavy atom. The second-order valence-electron chi connectivity index (χ2n) is 7.93. The molecule has 2 aromatic carbocycles. The van der Waals surface area contributed by atoms with Gasteiger partial charge in [-0.05, 0) is 67.3 Å². The quantitative estimate of drug-likeness (QED) is 0.281. The largest absolute Gasteiger partial charge is 0.490 e. The molecule has 2 rings (SSSR count). The second-order valence-corrected chi connectivity index (χ2v) is 7.93. The normalized spacial score (nSPS) is 11.7. The summed E-state index contributed by atoms with van der Waals surface area (Å²) in [6, 6.07) is 16.1. The lowest BCUT2D eigenvalue weighted by Gasteiger charge is -2.35. The molecule has 2 aromatic rings. The van der Waals surface area contributed by atoms with Crippen LogP contribution in [0.2, 0.25) is 0 Å². The summed E-state index contributed by atoms with van der Waals surface area (Å²) in [5.41, 5.74) is 1.43. The molecule has 158 valence electrons. The van der Waals surface area contributed by atoms with Gasteiger partial charge < -0.3 is 9.47 Å². The standard InChI is InChI=1S/C24H29N3O3/c1-17(2)24(5,18(3)4)23(28)30-15-14-29-22-12-10-21(11-13-22)27-26-20-8-6-19(16-25)7-9-20/h6-13,17-18H,14-15H2,1-5H3. The number of benzene rings is 2. The predicted octanol–water partition coefficient (Wildman–Crippen LogP) is 6.21. The molecular formula is C24H29N3O3. The van der Waals surface area contributed by atoms with Crippen molar-refractivity contribution in [2.75, 3.05) is 13.2 Å². The van der Waals surface area contributed by atoms with Crippen LogP contribution in [0.25, 0.3) is 0 Å². The van der Waals surface area contributed by atoms with Crippen molar-refractivity contribution in [1.29, 1.82) is 5.26 Å². The highest BCUT2D eigenvalue weighted by Crippen LogP contribution is 2.36. The van der Waals surface area contributed by atoms with E-state index in [1.54, 1.807) is 48.5 Å². The molecule has 0 bridgehead atoms. The third-order valence-electron chi connectivity index (χ3n) is 5.54. The third kappa shape index (κ3) is 5.90. The van der Waals surface area contributed by atoms with E-state index in [1.807, 2.05) is 34.6 Å².